The third-order valence-corrected chi connectivity index (χ3v) is 2.35. The second-order valence-electron chi connectivity index (χ2n) is 2.95. The zero-order chi connectivity index (χ0) is 11.2. The van der Waals surface area contributed by atoms with E-state index in [0.717, 1.165) is 6.07 Å². The molecule has 1 aromatic heterocycles. The van der Waals surface area contributed by atoms with Gasteiger partial charge in [-0.05, 0) is 12.1 Å². The van der Waals surface area contributed by atoms with Crippen molar-refractivity contribution in [1.29, 1.82) is 0 Å². The molecule has 80 valence electrons. The SMILES string of the molecule is O=c1[nH]c2cc(Br)cc(C(F)(F)F)c2[nH]1. The van der Waals surface area contributed by atoms with Gasteiger partial charge in [-0.1, -0.05) is 15.9 Å². The molecule has 7 heteroatoms. The molecule has 2 rings (SSSR count). The molecule has 2 N–H and O–H groups in total. The molecule has 0 bridgehead atoms. The van der Waals surface area contributed by atoms with Crippen molar-refractivity contribution in [2.24, 2.45) is 0 Å². The molecule has 0 amide bonds. The van der Waals surface area contributed by atoms with Gasteiger partial charge in [-0.25, -0.2) is 4.79 Å². The number of rotatable bonds is 0. The van der Waals surface area contributed by atoms with Gasteiger partial charge in [0.1, 0.15) is 0 Å². The lowest BCUT2D eigenvalue weighted by Crippen LogP contribution is -2.06. The molecule has 0 saturated carbocycles. The predicted molar refractivity (Wildman–Crippen MR) is 51.6 cm³/mol. The molecule has 0 aliphatic heterocycles. The van der Waals surface area contributed by atoms with E-state index in [0.29, 0.717) is 0 Å². The van der Waals surface area contributed by atoms with Crippen molar-refractivity contribution in [3.05, 3.63) is 32.7 Å². The number of alkyl halides is 3. The summed E-state index contributed by atoms with van der Waals surface area (Å²) in [5.41, 5.74) is -1.63. The van der Waals surface area contributed by atoms with Crippen LogP contribution in [0.15, 0.2) is 21.4 Å². The number of hydrogen-bond donors (Lipinski definition) is 2. The number of aromatic nitrogens is 2. The van der Waals surface area contributed by atoms with Gasteiger partial charge >= 0.3 is 11.9 Å². The molecule has 0 aliphatic rings. The monoisotopic (exact) mass is 280 g/mol. The van der Waals surface area contributed by atoms with Crippen molar-refractivity contribution in [3.63, 3.8) is 0 Å². The van der Waals surface area contributed by atoms with E-state index in [1.807, 2.05) is 0 Å². The summed E-state index contributed by atoms with van der Waals surface area (Å²) >= 11 is 2.95. The highest BCUT2D eigenvalue weighted by Gasteiger charge is 2.33. The summed E-state index contributed by atoms with van der Waals surface area (Å²) in [7, 11) is 0. The van der Waals surface area contributed by atoms with Gasteiger partial charge in [-0.15, -0.1) is 0 Å². The van der Waals surface area contributed by atoms with Crippen LogP contribution in [0.5, 0.6) is 0 Å². The van der Waals surface area contributed by atoms with Crippen molar-refractivity contribution in [2.75, 3.05) is 0 Å². The Bertz CT molecular complexity index is 569. The molecule has 15 heavy (non-hydrogen) atoms. The number of nitrogens with one attached hydrogen (secondary N) is 2. The van der Waals surface area contributed by atoms with E-state index in [1.54, 1.807) is 0 Å². The summed E-state index contributed by atoms with van der Waals surface area (Å²) in [6.07, 6.45) is -4.49. The fraction of sp³-hybridized carbons (Fsp3) is 0.125. The lowest BCUT2D eigenvalue weighted by Gasteiger charge is -2.07. The van der Waals surface area contributed by atoms with Gasteiger partial charge in [0, 0.05) is 4.47 Å². The maximum Gasteiger partial charge on any atom is 0.418 e. The zero-order valence-electron chi connectivity index (χ0n) is 7.07. The van der Waals surface area contributed by atoms with Gasteiger partial charge in [0.05, 0.1) is 16.6 Å². The maximum absolute atomic E-state index is 12.6. The highest BCUT2D eigenvalue weighted by atomic mass is 79.9. The summed E-state index contributed by atoms with van der Waals surface area (Å²) in [4.78, 5) is 15.3. The minimum Gasteiger partial charge on any atom is -0.306 e. The van der Waals surface area contributed by atoms with E-state index in [4.69, 9.17) is 0 Å². The highest BCUT2D eigenvalue weighted by Crippen LogP contribution is 2.35. The number of imidazole rings is 1. The Hall–Kier alpha value is -1.24. The number of hydrogen-bond acceptors (Lipinski definition) is 1. The topological polar surface area (TPSA) is 48.6 Å². The number of fused-ring (bicyclic) bond motifs is 1. The quantitative estimate of drug-likeness (QED) is 0.766. The largest absolute Gasteiger partial charge is 0.418 e. The van der Waals surface area contributed by atoms with Crippen molar-refractivity contribution < 1.29 is 13.2 Å². The fourth-order valence-electron chi connectivity index (χ4n) is 1.33. The molecular weight excluding hydrogens is 277 g/mol. The molecule has 2 aromatic rings. The third kappa shape index (κ3) is 1.79. The second kappa shape index (κ2) is 3.13. The highest BCUT2D eigenvalue weighted by molar-refractivity contribution is 9.10. The molecule has 0 atom stereocenters. The first-order valence-corrected chi connectivity index (χ1v) is 4.66. The van der Waals surface area contributed by atoms with Crippen LogP contribution in [0.2, 0.25) is 0 Å². The lowest BCUT2D eigenvalue weighted by atomic mass is 10.2. The first kappa shape index (κ1) is 10.3. The Morgan fingerprint density at radius 3 is 2.47 bits per heavy atom. The number of H-pyrrole nitrogens is 2. The van der Waals surface area contributed by atoms with E-state index in [2.05, 4.69) is 25.9 Å². The summed E-state index contributed by atoms with van der Waals surface area (Å²) in [5.74, 6) is 0. The Labute approximate surface area is 89.4 Å². The van der Waals surface area contributed by atoms with E-state index >= 15 is 0 Å². The van der Waals surface area contributed by atoms with Crippen LogP contribution in [0, 0.1) is 0 Å². The van der Waals surface area contributed by atoms with Crippen LogP contribution in [-0.4, -0.2) is 9.97 Å². The van der Waals surface area contributed by atoms with E-state index < -0.39 is 17.4 Å². The Balaban J connectivity index is 2.88. The predicted octanol–water partition coefficient (Wildman–Crippen LogP) is 2.64. The van der Waals surface area contributed by atoms with E-state index in [1.165, 1.54) is 6.07 Å². The van der Waals surface area contributed by atoms with Gasteiger partial charge in [0.2, 0.25) is 0 Å². The number of halogens is 4. The smallest absolute Gasteiger partial charge is 0.306 e. The van der Waals surface area contributed by atoms with Crippen molar-refractivity contribution in [1.82, 2.24) is 9.97 Å². The van der Waals surface area contributed by atoms with Crippen LogP contribution in [-0.2, 0) is 6.18 Å². The van der Waals surface area contributed by atoms with Crippen LogP contribution in [0.4, 0.5) is 13.2 Å². The molecule has 0 fully saturated rings. The summed E-state index contributed by atoms with van der Waals surface area (Å²) in [6, 6.07) is 2.33. The standard InChI is InChI=1S/C8H4BrF3N2O/c9-3-1-4(8(10,11)12)6-5(2-3)13-7(15)14-6/h1-2H,(H2,13,14,15). The van der Waals surface area contributed by atoms with Gasteiger partial charge in [0.15, 0.2) is 0 Å². The molecule has 0 saturated heterocycles. The Morgan fingerprint density at radius 2 is 1.87 bits per heavy atom. The average Bonchev–Trinajstić information content (AvgIpc) is 2.41. The fourth-order valence-corrected chi connectivity index (χ4v) is 1.79. The second-order valence-corrected chi connectivity index (χ2v) is 3.87. The van der Waals surface area contributed by atoms with Gasteiger partial charge in [-0.2, -0.15) is 13.2 Å². The van der Waals surface area contributed by atoms with E-state index in [-0.39, 0.29) is 15.5 Å². The minimum atomic E-state index is -4.49. The van der Waals surface area contributed by atoms with Crippen LogP contribution in [0.25, 0.3) is 11.0 Å². The zero-order valence-corrected chi connectivity index (χ0v) is 8.66. The van der Waals surface area contributed by atoms with Gasteiger partial charge < -0.3 is 9.97 Å². The lowest BCUT2D eigenvalue weighted by molar-refractivity contribution is -0.136. The first-order valence-electron chi connectivity index (χ1n) is 3.86. The van der Waals surface area contributed by atoms with Crippen LogP contribution in [0.3, 0.4) is 0 Å². The molecule has 1 aromatic carbocycles. The summed E-state index contributed by atoms with van der Waals surface area (Å²) in [6.45, 7) is 0. The third-order valence-electron chi connectivity index (χ3n) is 1.90. The van der Waals surface area contributed by atoms with Crippen LogP contribution in [0.1, 0.15) is 5.56 Å². The first-order chi connectivity index (χ1) is 6.88. The number of benzene rings is 1. The Morgan fingerprint density at radius 1 is 1.20 bits per heavy atom. The Kier molecular flexibility index (Phi) is 2.14. The molecule has 1 heterocycles. The maximum atomic E-state index is 12.6. The molecular formula is C8H4BrF3N2O. The van der Waals surface area contributed by atoms with Gasteiger partial charge in [0.25, 0.3) is 0 Å². The molecule has 0 radical (unpaired) electrons. The van der Waals surface area contributed by atoms with Crippen molar-refractivity contribution in [3.8, 4) is 0 Å². The molecule has 3 nitrogen and oxygen atoms in total. The summed E-state index contributed by atoms with van der Waals surface area (Å²) < 4.78 is 37.9. The van der Waals surface area contributed by atoms with Crippen LogP contribution < -0.4 is 5.69 Å². The number of aromatic amines is 2. The van der Waals surface area contributed by atoms with Crippen molar-refractivity contribution >= 4 is 27.0 Å². The normalized spacial score (nSPS) is 12.3. The molecule has 0 aliphatic carbocycles. The van der Waals surface area contributed by atoms with Crippen LogP contribution >= 0.6 is 15.9 Å². The van der Waals surface area contributed by atoms with Gasteiger partial charge in [-0.3, -0.25) is 0 Å². The minimum absolute atomic E-state index is 0.127. The molecule has 0 spiro atoms. The average molecular weight is 281 g/mol. The van der Waals surface area contributed by atoms with Crippen molar-refractivity contribution in [2.45, 2.75) is 6.18 Å². The van der Waals surface area contributed by atoms with E-state index in [9.17, 15) is 18.0 Å². The molecule has 0 unspecified atom stereocenters. The summed E-state index contributed by atoms with van der Waals surface area (Å²) in [5, 5.41) is 0.